The van der Waals surface area contributed by atoms with Gasteiger partial charge in [-0.1, -0.05) is 19.3 Å². The van der Waals surface area contributed by atoms with E-state index in [-0.39, 0.29) is 12.8 Å². The number of hydrogen-bond donors (Lipinski definition) is 4. The Bertz CT molecular complexity index is 568. The van der Waals surface area contributed by atoms with E-state index in [1.165, 1.54) is 0 Å². The molecule has 30 heavy (non-hydrogen) atoms. The summed E-state index contributed by atoms with van der Waals surface area (Å²) in [6, 6.07) is -2.63. The molecule has 1 aliphatic rings. The van der Waals surface area contributed by atoms with Crippen LogP contribution in [0.3, 0.4) is 0 Å². The zero-order valence-electron chi connectivity index (χ0n) is 18.1. The number of aliphatic hydroxyl groups is 2. The Morgan fingerprint density at radius 3 is 1.43 bits per heavy atom. The monoisotopic (exact) mass is 430 g/mol. The third kappa shape index (κ3) is 6.94. The fraction of sp³-hybridized carbons (Fsp3) is 0.800. The van der Waals surface area contributed by atoms with Crippen LogP contribution in [-0.4, -0.2) is 71.5 Å². The molecule has 0 saturated heterocycles. The summed E-state index contributed by atoms with van der Waals surface area (Å²) in [6.45, 7) is 5.17. The normalized spacial score (nSPS) is 17.7. The van der Waals surface area contributed by atoms with E-state index in [1.54, 1.807) is 27.7 Å². The van der Waals surface area contributed by atoms with Crippen molar-refractivity contribution in [2.24, 2.45) is 5.41 Å². The summed E-state index contributed by atoms with van der Waals surface area (Å²) in [4.78, 5) is 50.3. The average molecular weight is 430 g/mol. The number of ether oxygens (including phenoxy) is 2. The molecular formula is C20H34N2O8. The molecular weight excluding hydrogens is 396 g/mol. The Balaban J connectivity index is 3.01. The lowest BCUT2D eigenvalue weighted by molar-refractivity contribution is -0.158. The van der Waals surface area contributed by atoms with Crippen LogP contribution in [-0.2, 0) is 28.7 Å². The Morgan fingerprint density at radius 2 is 1.13 bits per heavy atom. The number of amides is 2. The summed E-state index contributed by atoms with van der Waals surface area (Å²) < 4.78 is 10.1. The van der Waals surface area contributed by atoms with E-state index in [9.17, 15) is 29.4 Å². The van der Waals surface area contributed by atoms with Crippen molar-refractivity contribution in [3.63, 3.8) is 0 Å². The first-order valence-corrected chi connectivity index (χ1v) is 10.3. The lowest BCUT2D eigenvalue weighted by atomic mass is 9.72. The summed E-state index contributed by atoms with van der Waals surface area (Å²) in [7, 11) is 0. The minimum Gasteiger partial charge on any atom is -0.461 e. The standard InChI is InChI=1S/C20H34N2O8/c1-12(2)29-16(25)14(10-23)21-18(27)20(8-6-5-7-9-20)19(28)22-15(11-24)17(26)30-13(3)4/h12-15,23-24H,5-11H2,1-4H3,(H,21,27)(H,22,28)/t14-,15-/m1/s1. The molecule has 1 fully saturated rings. The molecule has 0 heterocycles. The van der Waals surface area contributed by atoms with Crippen LogP contribution in [0, 0.1) is 5.41 Å². The molecule has 1 saturated carbocycles. The van der Waals surface area contributed by atoms with E-state index >= 15 is 0 Å². The van der Waals surface area contributed by atoms with Gasteiger partial charge in [0.25, 0.3) is 0 Å². The van der Waals surface area contributed by atoms with Crippen LogP contribution in [0.25, 0.3) is 0 Å². The molecule has 10 heteroatoms. The van der Waals surface area contributed by atoms with Gasteiger partial charge in [0.15, 0.2) is 12.1 Å². The van der Waals surface area contributed by atoms with E-state index in [0.717, 1.165) is 6.42 Å². The molecule has 0 aliphatic heterocycles. The van der Waals surface area contributed by atoms with Gasteiger partial charge in [0.05, 0.1) is 25.4 Å². The van der Waals surface area contributed by atoms with E-state index in [0.29, 0.717) is 12.8 Å². The highest BCUT2D eigenvalue weighted by Gasteiger charge is 2.48. The van der Waals surface area contributed by atoms with Crippen molar-refractivity contribution in [2.45, 2.75) is 84.1 Å². The third-order valence-electron chi connectivity index (χ3n) is 4.82. The zero-order chi connectivity index (χ0) is 22.9. The minimum atomic E-state index is -1.53. The molecule has 172 valence electrons. The van der Waals surface area contributed by atoms with Crippen molar-refractivity contribution in [1.29, 1.82) is 0 Å². The molecule has 0 aromatic rings. The Morgan fingerprint density at radius 1 is 0.767 bits per heavy atom. The van der Waals surface area contributed by atoms with Crippen LogP contribution in [0.15, 0.2) is 0 Å². The first-order valence-electron chi connectivity index (χ1n) is 10.3. The number of carbonyl (C=O) groups is 4. The summed E-state index contributed by atoms with van der Waals surface area (Å²) in [6.07, 6.45) is 1.57. The van der Waals surface area contributed by atoms with Crippen LogP contribution in [0.1, 0.15) is 59.8 Å². The highest BCUT2D eigenvalue weighted by atomic mass is 16.5. The largest absolute Gasteiger partial charge is 0.461 e. The van der Waals surface area contributed by atoms with Gasteiger partial charge in [-0.15, -0.1) is 0 Å². The number of esters is 2. The third-order valence-corrected chi connectivity index (χ3v) is 4.82. The fourth-order valence-electron chi connectivity index (χ4n) is 3.29. The second-order valence-electron chi connectivity index (χ2n) is 8.03. The van der Waals surface area contributed by atoms with E-state index < -0.39 is 66.7 Å². The minimum absolute atomic E-state index is 0.208. The number of rotatable bonds is 10. The van der Waals surface area contributed by atoms with E-state index in [4.69, 9.17) is 9.47 Å². The van der Waals surface area contributed by atoms with Crippen molar-refractivity contribution >= 4 is 23.8 Å². The van der Waals surface area contributed by atoms with E-state index in [2.05, 4.69) is 10.6 Å². The second kappa shape index (κ2) is 11.8. The van der Waals surface area contributed by atoms with Gasteiger partial charge in [0.2, 0.25) is 11.8 Å². The predicted octanol–water partition coefficient (Wildman–Crippen LogP) is -0.206. The summed E-state index contributed by atoms with van der Waals surface area (Å²) >= 11 is 0. The Hall–Kier alpha value is -2.20. The van der Waals surface area contributed by atoms with Gasteiger partial charge in [0, 0.05) is 0 Å². The smallest absolute Gasteiger partial charge is 0.331 e. The fourth-order valence-corrected chi connectivity index (χ4v) is 3.29. The summed E-state index contributed by atoms with van der Waals surface area (Å²) in [5, 5.41) is 23.8. The SMILES string of the molecule is CC(C)OC(=O)[C@@H](CO)NC(=O)C1(C(=O)N[C@H](CO)C(=O)OC(C)C)CCCCC1. The van der Waals surface area contributed by atoms with Crippen LogP contribution >= 0.6 is 0 Å². The highest BCUT2D eigenvalue weighted by molar-refractivity contribution is 6.07. The Kier molecular flexibility index (Phi) is 10.2. The van der Waals surface area contributed by atoms with Gasteiger partial charge >= 0.3 is 11.9 Å². The van der Waals surface area contributed by atoms with Crippen molar-refractivity contribution in [3.8, 4) is 0 Å². The maximum atomic E-state index is 13.1. The topological polar surface area (TPSA) is 151 Å². The summed E-state index contributed by atoms with van der Waals surface area (Å²) in [5.41, 5.74) is -1.53. The van der Waals surface area contributed by atoms with Crippen molar-refractivity contribution < 1.29 is 38.9 Å². The molecule has 2 atom stereocenters. The Labute approximate surface area is 176 Å². The van der Waals surface area contributed by atoms with Crippen LogP contribution in [0.4, 0.5) is 0 Å². The van der Waals surface area contributed by atoms with Gasteiger partial charge in [-0.05, 0) is 40.5 Å². The molecule has 0 radical (unpaired) electrons. The quantitative estimate of drug-likeness (QED) is 0.275. The molecule has 10 nitrogen and oxygen atoms in total. The molecule has 1 rings (SSSR count). The number of aliphatic hydroxyl groups excluding tert-OH is 2. The lowest BCUT2D eigenvalue weighted by Crippen LogP contribution is -2.59. The van der Waals surface area contributed by atoms with Gasteiger partial charge in [-0.2, -0.15) is 0 Å². The molecule has 0 aromatic carbocycles. The number of carbonyl (C=O) groups excluding carboxylic acids is 4. The molecule has 0 bridgehead atoms. The van der Waals surface area contributed by atoms with Crippen LogP contribution < -0.4 is 10.6 Å². The van der Waals surface area contributed by atoms with Gasteiger partial charge < -0.3 is 30.3 Å². The second-order valence-corrected chi connectivity index (χ2v) is 8.03. The number of nitrogens with one attached hydrogen (secondary N) is 2. The maximum Gasteiger partial charge on any atom is 0.331 e. The van der Waals surface area contributed by atoms with Crippen LogP contribution in [0.2, 0.25) is 0 Å². The van der Waals surface area contributed by atoms with Crippen molar-refractivity contribution in [2.75, 3.05) is 13.2 Å². The summed E-state index contributed by atoms with van der Waals surface area (Å²) in [5.74, 6) is -3.07. The molecule has 4 N–H and O–H groups in total. The maximum absolute atomic E-state index is 13.1. The van der Waals surface area contributed by atoms with Gasteiger partial charge in [0.1, 0.15) is 5.41 Å². The van der Waals surface area contributed by atoms with Crippen LogP contribution in [0.5, 0.6) is 0 Å². The molecule has 2 amide bonds. The first kappa shape index (κ1) is 25.8. The van der Waals surface area contributed by atoms with Crippen molar-refractivity contribution in [1.82, 2.24) is 10.6 Å². The predicted molar refractivity (Wildman–Crippen MR) is 106 cm³/mol. The highest BCUT2D eigenvalue weighted by Crippen LogP contribution is 2.37. The molecule has 0 aromatic heterocycles. The number of hydrogen-bond acceptors (Lipinski definition) is 8. The van der Waals surface area contributed by atoms with Gasteiger partial charge in [-0.25, -0.2) is 9.59 Å². The van der Waals surface area contributed by atoms with E-state index in [1.807, 2.05) is 0 Å². The molecule has 0 spiro atoms. The molecule has 1 aliphatic carbocycles. The van der Waals surface area contributed by atoms with Crippen molar-refractivity contribution in [3.05, 3.63) is 0 Å². The zero-order valence-corrected chi connectivity index (χ0v) is 18.1. The molecule has 0 unspecified atom stereocenters. The van der Waals surface area contributed by atoms with Gasteiger partial charge in [-0.3, -0.25) is 9.59 Å². The lowest BCUT2D eigenvalue weighted by Gasteiger charge is -2.36. The first-order chi connectivity index (χ1) is 14.1. The average Bonchev–Trinajstić information content (AvgIpc) is 2.68.